The number of urea groups is 1. The van der Waals surface area contributed by atoms with Crippen LogP contribution < -0.4 is 10.6 Å². The van der Waals surface area contributed by atoms with Gasteiger partial charge in [0, 0.05) is 17.8 Å². The molecule has 6 heteroatoms. The van der Waals surface area contributed by atoms with Gasteiger partial charge in [0.15, 0.2) is 0 Å². The van der Waals surface area contributed by atoms with E-state index in [0.29, 0.717) is 5.25 Å². The molecule has 1 aliphatic carbocycles. The molecule has 0 spiro atoms. The van der Waals surface area contributed by atoms with Gasteiger partial charge in [-0.3, -0.25) is 4.79 Å². The van der Waals surface area contributed by atoms with Crippen LogP contribution in [0.1, 0.15) is 40.0 Å². The third-order valence-corrected chi connectivity index (χ3v) is 4.62. The van der Waals surface area contributed by atoms with Gasteiger partial charge in [-0.25, -0.2) is 4.79 Å². The molecular weight excluding hydrogens is 264 g/mol. The van der Waals surface area contributed by atoms with Gasteiger partial charge in [-0.05, 0) is 38.9 Å². The van der Waals surface area contributed by atoms with Crippen LogP contribution in [0, 0.1) is 5.41 Å². The van der Waals surface area contributed by atoms with Crippen molar-refractivity contribution in [1.82, 2.24) is 10.6 Å². The Morgan fingerprint density at radius 3 is 2.63 bits per heavy atom. The van der Waals surface area contributed by atoms with Gasteiger partial charge in [-0.15, -0.1) is 0 Å². The average molecular weight is 288 g/mol. The summed E-state index contributed by atoms with van der Waals surface area (Å²) < 4.78 is 0. The van der Waals surface area contributed by atoms with Crippen LogP contribution in [0.2, 0.25) is 0 Å². The summed E-state index contributed by atoms with van der Waals surface area (Å²) >= 11 is 1.94. The van der Waals surface area contributed by atoms with Gasteiger partial charge < -0.3 is 15.7 Å². The van der Waals surface area contributed by atoms with Crippen molar-refractivity contribution in [2.75, 3.05) is 12.3 Å². The Morgan fingerprint density at radius 1 is 1.37 bits per heavy atom. The van der Waals surface area contributed by atoms with Gasteiger partial charge in [-0.2, -0.15) is 11.8 Å². The lowest BCUT2D eigenvalue weighted by atomic mass is 9.94. The van der Waals surface area contributed by atoms with Crippen LogP contribution in [0.15, 0.2) is 0 Å². The predicted octanol–water partition coefficient (Wildman–Crippen LogP) is 2.07. The normalized spacial score (nSPS) is 23.1. The number of thioether (sulfide) groups is 1. The molecule has 0 heterocycles. The zero-order chi connectivity index (χ0) is 14.5. The van der Waals surface area contributed by atoms with Crippen LogP contribution in [0.4, 0.5) is 4.79 Å². The van der Waals surface area contributed by atoms with Crippen molar-refractivity contribution in [3.63, 3.8) is 0 Å². The largest absolute Gasteiger partial charge is 0.481 e. The molecule has 0 aromatic rings. The summed E-state index contributed by atoms with van der Waals surface area (Å²) in [5.74, 6) is 0.198. The van der Waals surface area contributed by atoms with Crippen molar-refractivity contribution >= 4 is 23.8 Å². The number of hydrogen-bond acceptors (Lipinski definition) is 3. The number of hydrogen-bond donors (Lipinski definition) is 3. The Hall–Kier alpha value is -0.910. The van der Waals surface area contributed by atoms with E-state index in [1.54, 1.807) is 13.8 Å². The van der Waals surface area contributed by atoms with E-state index in [0.717, 1.165) is 25.0 Å². The maximum absolute atomic E-state index is 11.7. The Kier molecular flexibility index (Phi) is 5.97. The highest BCUT2D eigenvalue weighted by atomic mass is 32.2. The molecule has 0 bridgehead atoms. The van der Waals surface area contributed by atoms with E-state index in [1.807, 2.05) is 11.8 Å². The van der Waals surface area contributed by atoms with Crippen molar-refractivity contribution in [2.45, 2.75) is 51.3 Å². The highest BCUT2D eigenvalue weighted by Gasteiger charge is 2.29. The van der Waals surface area contributed by atoms with Crippen molar-refractivity contribution < 1.29 is 14.7 Å². The molecule has 110 valence electrons. The molecule has 2 atom stereocenters. The standard InChI is InChI=1S/C13H24N2O3S/c1-4-19-10-6-5-9(7-10)15-12(18)14-8-13(2,3)11(16)17/h9-10H,4-8H2,1-3H3,(H,16,17)(H2,14,15,18). The van der Waals surface area contributed by atoms with E-state index in [4.69, 9.17) is 5.11 Å². The van der Waals surface area contributed by atoms with E-state index < -0.39 is 11.4 Å². The van der Waals surface area contributed by atoms with Crippen LogP contribution in [-0.4, -0.2) is 40.7 Å². The molecule has 1 saturated carbocycles. The minimum atomic E-state index is -0.937. The lowest BCUT2D eigenvalue weighted by Gasteiger charge is -2.21. The number of carboxylic acids is 1. The second kappa shape index (κ2) is 7.03. The number of carbonyl (C=O) groups excluding carboxylic acids is 1. The summed E-state index contributed by atoms with van der Waals surface area (Å²) in [7, 11) is 0. The van der Waals surface area contributed by atoms with E-state index in [9.17, 15) is 9.59 Å². The number of carbonyl (C=O) groups is 2. The smallest absolute Gasteiger partial charge is 0.315 e. The molecule has 2 amide bonds. The monoisotopic (exact) mass is 288 g/mol. The lowest BCUT2D eigenvalue weighted by molar-refractivity contribution is -0.146. The van der Waals surface area contributed by atoms with Gasteiger partial charge in [-0.1, -0.05) is 6.92 Å². The average Bonchev–Trinajstić information content (AvgIpc) is 2.74. The van der Waals surface area contributed by atoms with Crippen molar-refractivity contribution in [1.29, 1.82) is 0 Å². The third kappa shape index (κ3) is 5.30. The fraction of sp³-hybridized carbons (Fsp3) is 0.846. The molecule has 2 unspecified atom stereocenters. The Balaban J connectivity index is 2.27. The molecule has 1 aliphatic rings. The van der Waals surface area contributed by atoms with Gasteiger partial charge in [0.25, 0.3) is 0 Å². The molecule has 3 N–H and O–H groups in total. The molecule has 19 heavy (non-hydrogen) atoms. The number of aliphatic carboxylic acids is 1. The summed E-state index contributed by atoms with van der Waals surface area (Å²) in [5.41, 5.74) is -0.937. The summed E-state index contributed by atoms with van der Waals surface area (Å²) in [6.07, 6.45) is 3.16. The van der Waals surface area contributed by atoms with Crippen LogP contribution >= 0.6 is 11.8 Å². The Bertz CT molecular complexity index is 334. The number of carboxylic acid groups (broad SMARTS) is 1. The first-order valence-electron chi connectivity index (χ1n) is 6.74. The molecule has 5 nitrogen and oxygen atoms in total. The highest BCUT2D eigenvalue weighted by Crippen LogP contribution is 2.29. The van der Waals surface area contributed by atoms with E-state index in [-0.39, 0.29) is 18.6 Å². The van der Waals surface area contributed by atoms with Crippen molar-refractivity contribution in [2.24, 2.45) is 5.41 Å². The van der Waals surface area contributed by atoms with E-state index >= 15 is 0 Å². The summed E-state index contributed by atoms with van der Waals surface area (Å²) in [6, 6.07) is -0.0431. The Morgan fingerprint density at radius 2 is 2.05 bits per heavy atom. The molecule has 0 aliphatic heterocycles. The second-order valence-electron chi connectivity index (χ2n) is 5.60. The lowest BCUT2D eigenvalue weighted by Crippen LogP contribution is -2.46. The van der Waals surface area contributed by atoms with Crippen LogP contribution in [0.3, 0.4) is 0 Å². The minimum Gasteiger partial charge on any atom is -0.481 e. The number of rotatable bonds is 6. The van der Waals surface area contributed by atoms with Gasteiger partial charge in [0.2, 0.25) is 0 Å². The fourth-order valence-corrected chi connectivity index (χ4v) is 3.21. The zero-order valence-electron chi connectivity index (χ0n) is 11.9. The van der Waals surface area contributed by atoms with Crippen molar-refractivity contribution in [3.8, 4) is 0 Å². The molecule has 0 aromatic heterocycles. The maximum atomic E-state index is 11.7. The molecule has 1 fully saturated rings. The van der Waals surface area contributed by atoms with Gasteiger partial charge in [0.05, 0.1) is 5.41 Å². The summed E-state index contributed by atoms with van der Waals surface area (Å²) in [5, 5.41) is 15.2. The number of amides is 2. The number of nitrogens with one attached hydrogen (secondary N) is 2. The first-order chi connectivity index (χ1) is 8.85. The van der Waals surface area contributed by atoms with Gasteiger partial charge >= 0.3 is 12.0 Å². The first-order valence-corrected chi connectivity index (χ1v) is 7.79. The zero-order valence-corrected chi connectivity index (χ0v) is 12.7. The van der Waals surface area contributed by atoms with E-state index in [2.05, 4.69) is 17.6 Å². The van der Waals surface area contributed by atoms with Crippen LogP contribution in [-0.2, 0) is 4.79 Å². The second-order valence-corrected chi connectivity index (χ2v) is 7.18. The topological polar surface area (TPSA) is 78.4 Å². The first kappa shape index (κ1) is 16.1. The van der Waals surface area contributed by atoms with E-state index in [1.165, 1.54) is 0 Å². The molecular formula is C13H24N2O3S. The van der Waals surface area contributed by atoms with Gasteiger partial charge in [0.1, 0.15) is 0 Å². The molecule has 0 radical (unpaired) electrons. The maximum Gasteiger partial charge on any atom is 0.315 e. The molecule has 1 rings (SSSR count). The highest BCUT2D eigenvalue weighted by molar-refractivity contribution is 7.99. The van der Waals surface area contributed by atoms with Crippen LogP contribution in [0.5, 0.6) is 0 Å². The van der Waals surface area contributed by atoms with Crippen molar-refractivity contribution in [3.05, 3.63) is 0 Å². The molecule has 0 aromatic carbocycles. The summed E-state index contributed by atoms with van der Waals surface area (Å²) in [6.45, 7) is 5.47. The minimum absolute atomic E-state index is 0.133. The quantitative estimate of drug-likeness (QED) is 0.699. The molecule has 0 saturated heterocycles. The SMILES string of the molecule is CCSC1CCC(NC(=O)NCC(C)(C)C(=O)O)C1. The summed E-state index contributed by atoms with van der Waals surface area (Å²) in [4.78, 5) is 22.6. The van der Waals surface area contributed by atoms with Crippen LogP contribution in [0.25, 0.3) is 0 Å². The Labute approximate surface area is 118 Å². The fourth-order valence-electron chi connectivity index (χ4n) is 2.07. The predicted molar refractivity (Wildman–Crippen MR) is 77.5 cm³/mol. The third-order valence-electron chi connectivity index (χ3n) is 3.39.